The zero-order valence-corrected chi connectivity index (χ0v) is 17.1. The van der Waals surface area contributed by atoms with Gasteiger partial charge in [-0.2, -0.15) is 5.26 Å². The summed E-state index contributed by atoms with van der Waals surface area (Å²) in [5.41, 5.74) is 2.99. The predicted molar refractivity (Wildman–Crippen MR) is 118 cm³/mol. The highest BCUT2D eigenvalue weighted by atomic mass is 16.2. The van der Waals surface area contributed by atoms with E-state index >= 15 is 0 Å². The molecular weight excluding hydrogens is 390 g/mol. The lowest BCUT2D eigenvalue weighted by molar-refractivity contribution is -0.122. The number of piperazine rings is 1. The normalized spacial score (nSPS) is 19.7. The summed E-state index contributed by atoms with van der Waals surface area (Å²) in [6.45, 7) is 3.25. The molecule has 2 aliphatic rings. The minimum Gasteiger partial charge on any atom is -0.351 e. The maximum absolute atomic E-state index is 13.0. The van der Waals surface area contributed by atoms with E-state index in [0.717, 1.165) is 23.0 Å². The number of nitrogens with one attached hydrogen (secondary N) is 1. The molecule has 2 amide bonds. The van der Waals surface area contributed by atoms with Crippen LogP contribution in [0.2, 0.25) is 0 Å². The van der Waals surface area contributed by atoms with Crippen molar-refractivity contribution in [1.29, 1.82) is 5.26 Å². The van der Waals surface area contributed by atoms with Crippen LogP contribution in [-0.2, 0) is 4.79 Å². The largest absolute Gasteiger partial charge is 0.351 e. The third-order valence-electron chi connectivity index (χ3n) is 6.29. The van der Waals surface area contributed by atoms with E-state index in [2.05, 4.69) is 16.0 Å². The summed E-state index contributed by atoms with van der Waals surface area (Å²) >= 11 is 0. The molecule has 0 saturated carbocycles. The lowest BCUT2D eigenvalue weighted by Gasteiger charge is -2.37. The Bertz CT molecular complexity index is 1140. The maximum Gasteiger partial charge on any atom is 0.270 e. The Kier molecular flexibility index (Phi) is 4.92. The molecular formula is C24H23N5O2. The number of carbonyl (C=O) groups is 2. The molecule has 0 spiro atoms. The van der Waals surface area contributed by atoms with E-state index in [0.29, 0.717) is 44.0 Å². The second-order valence-corrected chi connectivity index (χ2v) is 8.05. The Morgan fingerprint density at radius 3 is 2.45 bits per heavy atom. The molecule has 3 heterocycles. The molecule has 2 aliphatic heterocycles. The molecule has 0 aliphatic carbocycles. The number of nitrogens with zero attached hydrogens (tertiary/aromatic N) is 4. The Hall–Kier alpha value is -3.63. The minimum atomic E-state index is -0.152. The van der Waals surface area contributed by atoms with Crippen LogP contribution in [0.3, 0.4) is 0 Å². The predicted octanol–water partition coefficient (Wildman–Crippen LogP) is 2.60. The summed E-state index contributed by atoms with van der Waals surface area (Å²) in [6, 6.07) is 18.9. The van der Waals surface area contributed by atoms with Crippen LogP contribution >= 0.6 is 0 Å². The van der Waals surface area contributed by atoms with Gasteiger partial charge in [-0.3, -0.25) is 14.5 Å². The number of carbonyl (C=O) groups excluding carboxylic acids is 2. The number of hydrogen-bond acceptors (Lipinski definition) is 4. The van der Waals surface area contributed by atoms with Gasteiger partial charge in [-0.1, -0.05) is 18.2 Å². The number of rotatable bonds is 3. The van der Waals surface area contributed by atoms with Gasteiger partial charge in [-0.05, 0) is 42.8 Å². The lowest BCUT2D eigenvalue weighted by Crippen LogP contribution is -2.53. The van der Waals surface area contributed by atoms with Gasteiger partial charge in [0.05, 0.1) is 17.7 Å². The second-order valence-electron chi connectivity index (χ2n) is 8.05. The first-order valence-electron chi connectivity index (χ1n) is 10.6. The van der Waals surface area contributed by atoms with Crippen LogP contribution in [0.15, 0.2) is 54.6 Å². The number of anilines is 1. The van der Waals surface area contributed by atoms with Crippen molar-refractivity contribution in [2.45, 2.75) is 12.5 Å². The van der Waals surface area contributed by atoms with Crippen molar-refractivity contribution < 1.29 is 9.59 Å². The fourth-order valence-corrected chi connectivity index (χ4v) is 4.57. The first kappa shape index (κ1) is 19.3. The highest BCUT2D eigenvalue weighted by molar-refractivity contribution is 6.00. The molecule has 1 aromatic heterocycles. The molecule has 2 saturated heterocycles. The number of benzene rings is 2. The Morgan fingerprint density at radius 1 is 1.00 bits per heavy atom. The molecule has 1 unspecified atom stereocenters. The lowest BCUT2D eigenvalue weighted by atomic mass is 10.1. The number of nitriles is 1. The molecule has 7 nitrogen and oxygen atoms in total. The van der Waals surface area contributed by atoms with Crippen molar-refractivity contribution in [3.05, 3.63) is 65.9 Å². The van der Waals surface area contributed by atoms with Crippen LogP contribution in [0.1, 0.15) is 22.5 Å². The van der Waals surface area contributed by atoms with Crippen molar-refractivity contribution in [1.82, 2.24) is 14.8 Å². The molecule has 31 heavy (non-hydrogen) atoms. The number of para-hydroxylation sites is 1. The van der Waals surface area contributed by atoms with Crippen LogP contribution < -0.4 is 4.90 Å². The molecule has 2 fully saturated rings. The number of hydrogen-bond donors (Lipinski definition) is 1. The van der Waals surface area contributed by atoms with Gasteiger partial charge < -0.3 is 14.8 Å². The summed E-state index contributed by atoms with van der Waals surface area (Å²) in [5, 5.41) is 9.99. The molecule has 7 heteroatoms. The zero-order chi connectivity index (χ0) is 21.4. The molecule has 156 valence electrons. The fraction of sp³-hybridized carbons (Fsp3) is 0.292. The third kappa shape index (κ3) is 3.56. The second kappa shape index (κ2) is 7.89. The molecule has 2 aromatic carbocycles. The summed E-state index contributed by atoms with van der Waals surface area (Å²) in [5.74, 6) is 0.105. The van der Waals surface area contributed by atoms with Gasteiger partial charge in [0.2, 0.25) is 5.91 Å². The van der Waals surface area contributed by atoms with Crippen LogP contribution in [0.25, 0.3) is 10.9 Å². The summed E-state index contributed by atoms with van der Waals surface area (Å²) in [6.07, 6.45) is 0.773. The van der Waals surface area contributed by atoms with Crippen LogP contribution in [0, 0.1) is 11.3 Å². The summed E-state index contributed by atoms with van der Waals surface area (Å²) < 4.78 is 0. The van der Waals surface area contributed by atoms with Crippen molar-refractivity contribution in [2.75, 3.05) is 37.6 Å². The van der Waals surface area contributed by atoms with E-state index in [9.17, 15) is 9.59 Å². The van der Waals surface area contributed by atoms with E-state index in [1.807, 2.05) is 47.4 Å². The first-order chi connectivity index (χ1) is 15.1. The van der Waals surface area contributed by atoms with Gasteiger partial charge >= 0.3 is 0 Å². The van der Waals surface area contributed by atoms with Gasteiger partial charge in [0.15, 0.2) is 0 Å². The van der Waals surface area contributed by atoms with Crippen molar-refractivity contribution in [3.8, 4) is 6.07 Å². The summed E-state index contributed by atoms with van der Waals surface area (Å²) in [7, 11) is 0. The fourth-order valence-electron chi connectivity index (χ4n) is 4.57. The number of aromatic nitrogens is 1. The highest BCUT2D eigenvalue weighted by Gasteiger charge is 2.38. The zero-order valence-electron chi connectivity index (χ0n) is 17.1. The SMILES string of the molecule is N#Cc1ccc(N2CCC(N3CCN(C(=O)c4cc5ccccc5[nH]4)CC3)C2=O)cc1. The van der Waals surface area contributed by atoms with Gasteiger partial charge in [0.25, 0.3) is 5.91 Å². The van der Waals surface area contributed by atoms with E-state index in [-0.39, 0.29) is 17.9 Å². The molecule has 3 aromatic rings. The quantitative estimate of drug-likeness (QED) is 0.716. The molecule has 5 rings (SSSR count). The third-order valence-corrected chi connectivity index (χ3v) is 6.29. The number of fused-ring (bicyclic) bond motifs is 1. The van der Waals surface area contributed by atoms with Crippen molar-refractivity contribution in [3.63, 3.8) is 0 Å². The van der Waals surface area contributed by atoms with Gasteiger partial charge in [0, 0.05) is 49.3 Å². The van der Waals surface area contributed by atoms with E-state index < -0.39 is 0 Å². The monoisotopic (exact) mass is 413 g/mol. The topological polar surface area (TPSA) is 83.4 Å². The van der Waals surface area contributed by atoms with Crippen LogP contribution in [0.5, 0.6) is 0 Å². The number of amides is 2. The van der Waals surface area contributed by atoms with E-state index in [1.165, 1.54) is 0 Å². The molecule has 0 radical (unpaired) electrons. The summed E-state index contributed by atoms with van der Waals surface area (Å²) in [4.78, 5) is 35.0. The Morgan fingerprint density at radius 2 is 1.74 bits per heavy atom. The maximum atomic E-state index is 13.0. The number of H-pyrrole nitrogens is 1. The molecule has 0 bridgehead atoms. The first-order valence-corrected chi connectivity index (χ1v) is 10.6. The van der Waals surface area contributed by atoms with Crippen LogP contribution in [-0.4, -0.2) is 65.4 Å². The van der Waals surface area contributed by atoms with Gasteiger partial charge in [-0.25, -0.2) is 0 Å². The Balaban J connectivity index is 1.21. The number of aromatic amines is 1. The molecule has 1 N–H and O–H groups in total. The minimum absolute atomic E-state index is 0.00723. The van der Waals surface area contributed by atoms with Gasteiger partial charge in [-0.15, -0.1) is 0 Å². The molecule has 1 atom stereocenters. The highest BCUT2D eigenvalue weighted by Crippen LogP contribution is 2.26. The van der Waals surface area contributed by atoms with Crippen molar-refractivity contribution in [2.24, 2.45) is 0 Å². The standard InChI is InChI=1S/C24H23N5O2/c25-16-17-5-7-19(8-6-17)29-10-9-22(24(29)31)27-11-13-28(14-12-27)23(30)21-15-18-3-1-2-4-20(18)26-21/h1-8,15,22,26H,9-14H2. The Labute approximate surface area is 180 Å². The van der Waals surface area contributed by atoms with Crippen molar-refractivity contribution >= 4 is 28.4 Å². The average molecular weight is 413 g/mol. The van der Waals surface area contributed by atoms with E-state index in [1.54, 1.807) is 17.0 Å². The smallest absolute Gasteiger partial charge is 0.270 e. The van der Waals surface area contributed by atoms with Gasteiger partial charge in [0.1, 0.15) is 5.69 Å². The van der Waals surface area contributed by atoms with Crippen LogP contribution in [0.4, 0.5) is 5.69 Å². The average Bonchev–Trinajstić information content (AvgIpc) is 3.42. The van der Waals surface area contributed by atoms with E-state index in [4.69, 9.17) is 5.26 Å².